The molecule has 16 heavy (non-hydrogen) atoms. The van der Waals surface area contributed by atoms with E-state index in [1.54, 1.807) is 14.2 Å². The minimum absolute atomic E-state index is 0.0889. The number of rotatable bonds is 6. The number of hydrogen-bond acceptors (Lipinski definition) is 4. The first kappa shape index (κ1) is 11.6. The van der Waals surface area contributed by atoms with Crippen molar-refractivity contribution in [2.75, 3.05) is 33.9 Å². The second kappa shape index (κ2) is 5.43. The van der Waals surface area contributed by atoms with Gasteiger partial charge in [0.1, 0.15) is 0 Å². The molecule has 0 aromatic carbocycles. The molecule has 1 atom stereocenters. The number of nitrogens with zero attached hydrogens (tertiary/aromatic N) is 2. The monoisotopic (exact) mass is 225 g/mol. The Morgan fingerprint density at radius 2 is 2.38 bits per heavy atom. The molecular weight excluding hydrogens is 206 g/mol. The topological polar surface area (TPSA) is 48.3 Å². The second-order valence-electron chi connectivity index (χ2n) is 4.14. The summed E-state index contributed by atoms with van der Waals surface area (Å²) in [5, 5.41) is 3.27. The van der Waals surface area contributed by atoms with Gasteiger partial charge in [-0.3, -0.25) is 0 Å². The number of imidazole rings is 1. The van der Waals surface area contributed by atoms with Crippen molar-refractivity contribution in [3.8, 4) is 0 Å². The Hall–Kier alpha value is -0.910. The number of aromatic nitrogens is 2. The Labute approximate surface area is 95.8 Å². The Morgan fingerprint density at radius 3 is 2.94 bits per heavy atom. The fraction of sp³-hybridized carbons (Fsp3) is 0.727. The molecule has 0 radical (unpaired) electrons. The van der Waals surface area contributed by atoms with Crippen LogP contribution in [0.25, 0.3) is 0 Å². The van der Waals surface area contributed by atoms with Gasteiger partial charge >= 0.3 is 0 Å². The lowest BCUT2D eigenvalue weighted by molar-refractivity contribution is 0.0177. The van der Waals surface area contributed by atoms with Crippen molar-refractivity contribution in [2.45, 2.75) is 18.6 Å². The summed E-state index contributed by atoms with van der Waals surface area (Å²) in [7, 11) is 3.40. The highest BCUT2D eigenvalue weighted by molar-refractivity contribution is 5.11. The van der Waals surface area contributed by atoms with E-state index < -0.39 is 0 Å². The van der Waals surface area contributed by atoms with Crippen LogP contribution >= 0.6 is 0 Å². The molecule has 1 N–H and O–H groups in total. The van der Waals surface area contributed by atoms with Crippen LogP contribution in [0.5, 0.6) is 0 Å². The molecule has 1 aromatic heterocycles. The van der Waals surface area contributed by atoms with E-state index in [0.29, 0.717) is 12.5 Å². The highest BCUT2D eigenvalue weighted by atomic mass is 16.5. The number of hydrogen-bond donors (Lipinski definition) is 1. The van der Waals surface area contributed by atoms with Gasteiger partial charge in [-0.2, -0.15) is 0 Å². The van der Waals surface area contributed by atoms with E-state index in [2.05, 4.69) is 14.9 Å². The van der Waals surface area contributed by atoms with Gasteiger partial charge in [0.25, 0.3) is 0 Å². The highest BCUT2D eigenvalue weighted by Gasteiger charge is 2.23. The first-order valence-electron chi connectivity index (χ1n) is 5.57. The van der Waals surface area contributed by atoms with Crippen LogP contribution in [0.15, 0.2) is 12.5 Å². The molecule has 90 valence electrons. The molecule has 0 saturated carbocycles. The Morgan fingerprint density at radius 1 is 1.56 bits per heavy atom. The molecule has 0 amide bonds. The maximum absolute atomic E-state index is 5.36. The van der Waals surface area contributed by atoms with Gasteiger partial charge in [-0.25, -0.2) is 4.98 Å². The van der Waals surface area contributed by atoms with Crippen molar-refractivity contribution in [1.29, 1.82) is 0 Å². The molecule has 2 heterocycles. The molecule has 2 rings (SSSR count). The van der Waals surface area contributed by atoms with Crippen molar-refractivity contribution in [2.24, 2.45) is 0 Å². The van der Waals surface area contributed by atoms with Crippen LogP contribution in [0.1, 0.15) is 11.6 Å². The Bertz CT molecular complexity index is 323. The molecule has 1 aliphatic heterocycles. The quantitative estimate of drug-likeness (QED) is 0.753. The van der Waals surface area contributed by atoms with Crippen LogP contribution in [-0.4, -0.2) is 49.6 Å². The van der Waals surface area contributed by atoms with E-state index in [1.807, 2.05) is 12.5 Å². The number of ether oxygens (including phenoxy) is 2. The molecule has 1 unspecified atom stereocenters. The predicted molar refractivity (Wildman–Crippen MR) is 60.5 cm³/mol. The van der Waals surface area contributed by atoms with E-state index in [9.17, 15) is 0 Å². The average Bonchev–Trinajstić information content (AvgIpc) is 2.63. The van der Waals surface area contributed by atoms with Gasteiger partial charge in [0.2, 0.25) is 0 Å². The van der Waals surface area contributed by atoms with Crippen LogP contribution in [0.3, 0.4) is 0 Å². The van der Waals surface area contributed by atoms with Crippen molar-refractivity contribution in [3.63, 3.8) is 0 Å². The first-order chi connectivity index (χ1) is 7.85. The zero-order valence-corrected chi connectivity index (χ0v) is 9.85. The summed E-state index contributed by atoms with van der Waals surface area (Å²) in [4.78, 5) is 4.21. The van der Waals surface area contributed by atoms with Crippen molar-refractivity contribution < 1.29 is 9.47 Å². The summed E-state index contributed by atoms with van der Waals surface area (Å²) < 4.78 is 12.6. The van der Waals surface area contributed by atoms with Gasteiger partial charge in [0.05, 0.1) is 25.6 Å². The van der Waals surface area contributed by atoms with E-state index in [1.165, 1.54) is 5.69 Å². The number of methoxy groups -OCH3 is 2. The van der Waals surface area contributed by atoms with Gasteiger partial charge in [0.15, 0.2) is 0 Å². The van der Waals surface area contributed by atoms with Crippen LogP contribution < -0.4 is 5.32 Å². The van der Waals surface area contributed by atoms with Gasteiger partial charge in [-0.05, 0) is 0 Å². The molecular formula is C11H19N3O2. The van der Waals surface area contributed by atoms with Gasteiger partial charge in [0, 0.05) is 45.1 Å². The highest BCUT2D eigenvalue weighted by Crippen LogP contribution is 2.19. The van der Waals surface area contributed by atoms with Gasteiger partial charge in [-0.1, -0.05) is 0 Å². The maximum atomic E-state index is 5.36. The second-order valence-corrected chi connectivity index (χ2v) is 4.14. The molecule has 5 nitrogen and oxygen atoms in total. The lowest BCUT2D eigenvalue weighted by Gasteiger charge is -2.28. The molecule has 0 aliphatic carbocycles. The summed E-state index contributed by atoms with van der Waals surface area (Å²) in [6, 6.07) is 0. The van der Waals surface area contributed by atoms with Gasteiger partial charge in [-0.15, -0.1) is 0 Å². The van der Waals surface area contributed by atoms with Crippen LogP contribution in [0, 0.1) is 0 Å². The molecule has 0 bridgehead atoms. The van der Waals surface area contributed by atoms with E-state index in [-0.39, 0.29) is 6.10 Å². The summed E-state index contributed by atoms with van der Waals surface area (Å²) in [5.41, 5.74) is 1.29. The fourth-order valence-electron chi connectivity index (χ4n) is 1.92. The van der Waals surface area contributed by atoms with Gasteiger partial charge < -0.3 is 19.4 Å². The van der Waals surface area contributed by atoms with E-state index in [4.69, 9.17) is 9.47 Å². The van der Waals surface area contributed by atoms with Crippen LogP contribution in [0.4, 0.5) is 0 Å². The largest absolute Gasteiger partial charge is 0.382 e. The summed E-state index contributed by atoms with van der Waals surface area (Å²) in [6.45, 7) is 3.51. The zero-order valence-electron chi connectivity index (χ0n) is 9.85. The normalized spacial score (nSPS) is 18.4. The van der Waals surface area contributed by atoms with Crippen molar-refractivity contribution in [3.05, 3.63) is 18.2 Å². The van der Waals surface area contributed by atoms with E-state index in [0.717, 1.165) is 19.6 Å². The van der Waals surface area contributed by atoms with Crippen LogP contribution in [-0.2, 0) is 16.0 Å². The smallest absolute Gasteiger partial charge is 0.0983 e. The Balaban J connectivity index is 1.99. The summed E-state index contributed by atoms with van der Waals surface area (Å²) >= 11 is 0. The van der Waals surface area contributed by atoms with Crippen LogP contribution in [0.2, 0.25) is 0 Å². The Kier molecular flexibility index (Phi) is 3.93. The summed E-state index contributed by atoms with van der Waals surface area (Å²) in [5.74, 6) is 0.600. The summed E-state index contributed by atoms with van der Waals surface area (Å²) in [6.07, 6.45) is 3.91. The zero-order chi connectivity index (χ0) is 11.4. The number of nitrogens with one attached hydrogen (secondary N) is 1. The minimum atomic E-state index is 0.0889. The molecule has 1 fully saturated rings. The predicted octanol–water partition coefficient (Wildman–Crippen LogP) is 0.231. The van der Waals surface area contributed by atoms with E-state index >= 15 is 0 Å². The third-order valence-electron chi connectivity index (χ3n) is 3.03. The molecule has 0 spiro atoms. The maximum Gasteiger partial charge on any atom is 0.0983 e. The molecule has 1 aliphatic rings. The molecule has 1 saturated heterocycles. The molecule has 5 heteroatoms. The SMILES string of the molecule is COCC(Cn1cncc1C1CNC1)OC. The fourth-order valence-corrected chi connectivity index (χ4v) is 1.92. The average molecular weight is 225 g/mol. The first-order valence-corrected chi connectivity index (χ1v) is 5.57. The minimum Gasteiger partial charge on any atom is -0.382 e. The third kappa shape index (κ3) is 2.42. The molecule has 1 aromatic rings. The standard InChI is InChI=1S/C11H19N3O2/c1-15-7-10(16-2)6-14-8-13-5-11(14)9-3-12-4-9/h5,8-10,12H,3-4,6-7H2,1-2H3. The van der Waals surface area contributed by atoms with Crippen molar-refractivity contribution in [1.82, 2.24) is 14.9 Å². The van der Waals surface area contributed by atoms with Crippen molar-refractivity contribution >= 4 is 0 Å². The lowest BCUT2D eigenvalue weighted by Crippen LogP contribution is -2.41. The third-order valence-corrected chi connectivity index (χ3v) is 3.03. The lowest BCUT2D eigenvalue weighted by atomic mass is 10.00.